The number of hydrogen-bond acceptors (Lipinski definition) is 9. The van der Waals surface area contributed by atoms with Crippen molar-refractivity contribution in [2.45, 2.75) is 30.6 Å². The lowest BCUT2D eigenvalue weighted by Gasteiger charge is -2.40. The van der Waals surface area contributed by atoms with Crippen molar-refractivity contribution in [3.63, 3.8) is 0 Å². The molecule has 14 heteroatoms. The van der Waals surface area contributed by atoms with Gasteiger partial charge in [0.25, 0.3) is 0 Å². The van der Waals surface area contributed by atoms with Crippen LogP contribution < -0.4 is 16.8 Å². The molecule has 0 saturated carbocycles. The summed E-state index contributed by atoms with van der Waals surface area (Å²) in [4.78, 5) is 56.5. The molecule has 13 nitrogen and oxygen atoms in total. The minimum absolute atomic E-state index is 0.116. The van der Waals surface area contributed by atoms with Crippen molar-refractivity contribution in [3.05, 3.63) is 10.1 Å². The first-order valence-corrected chi connectivity index (χ1v) is 8.91. The van der Waals surface area contributed by atoms with Crippen LogP contribution in [-0.4, -0.2) is 86.1 Å². The second-order valence-corrected chi connectivity index (χ2v) is 7.10. The molecule has 1 saturated heterocycles. The molecular formula is C13H21N5O8S. The quantitative estimate of drug-likeness (QED) is 0.134. The van der Waals surface area contributed by atoms with E-state index >= 15 is 0 Å². The normalized spacial score (nSPS) is 17.3. The summed E-state index contributed by atoms with van der Waals surface area (Å²) in [5, 5.41) is 30.7. The number of carboxylic acid groups (broad SMARTS) is 2. The molecule has 0 aromatic heterocycles. The lowest BCUT2D eigenvalue weighted by molar-refractivity contribution is -0.585. The first-order chi connectivity index (χ1) is 12.5. The second kappa shape index (κ2) is 9.48. The Hall–Kier alpha value is -2.45. The fourth-order valence-corrected chi connectivity index (χ4v) is 3.05. The molecule has 0 radical (unpaired) electrons. The van der Waals surface area contributed by atoms with E-state index in [1.807, 2.05) is 0 Å². The number of thioether (sulfide) groups is 1. The van der Waals surface area contributed by atoms with E-state index in [-0.39, 0.29) is 37.4 Å². The number of likely N-dealkylation sites (tertiary alicyclic amines) is 1. The van der Waals surface area contributed by atoms with Crippen LogP contribution in [0.3, 0.4) is 0 Å². The van der Waals surface area contributed by atoms with E-state index in [1.165, 1.54) is 4.90 Å². The van der Waals surface area contributed by atoms with Gasteiger partial charge in [0.1, 0.15) is 25.2 Å². The van der Waals surface area contributed by atoms with Crippen LogP contribution in [0.4, 0.5) is 0 Å². The van der Waals surface area contributed by atoms with Gasteiger partial charge >= 0.3 is 17.6 Å². The smallest absolute Gasteiger partial charge is 0.327 e. The van der Waals surface area contributed by atoms with Gasteiger partial charge in [-0.3, -0.25) is 30.2 Å². The Morgan fingerprint density at radius 3 is 2.33 bits per heavy atom. The number of nitrogens with two attached hydrogens (primary N) is 2. The Morgan fingerprint density at radius 2 is 1.85 bits per heavy atom. The predicted molar refractivity (Wildman–Crippen MR) is 92.2 cm³/mol. The first kappa shape index (κ1) is 22.6. The minimum Gasteiger partial charge on any atom is -0.480 e. The van der Waals surface area contributed by atoms with E-state index in [2.05, 4.69) is 5.32 Å². The average Bonchev–Trinajstić information content (AvgIpc) is 2.54. The van der Waals surface area contributed by atoms with Crippen molar-refractivity contribution < 1.29 is 34.3 Å². The maximum absolute atomic E-state index is 11.9. The third-order valence-electron chi connectivity index (χ3n) is 3.79. The fraction of sp³-hybridized carbons (Fsp3) is 0.692. The van der Waals surface area contributed by atoms with Gasteiger partial charge in [-0.1, -0.05) is 0 Å². The molecule has 152 valence electrons. The Labute approximate surface area is 157 Å². The highest BCUT2D eigenvalue weighted by molar-refractivity contribution is 8.00. The molecule has 1 fully saturated rings. The summed E-state index contributed by atoms with van der Waals surface area (Å²) in [6.45, 7) is -0.440. The summed E-state index contributed by atoms with van der Waals surface area (Å²) < 4.78 is 0. The van der Waals surface area contributed by atoms with Crippen LogP contribution in [0, 0.1) is 10.1 Å². The third-order valence-corrected chi connectivity index (χ3v) is 4.81. The molecule has 0 bridgehead atoms. The van der Waals surface area contributed by atoms with Crippen LogP contribution in [0.1, 0.15) is 12.8 Å². The number of carbonyl (C=O) groups excluding carboxylic acids is 2. The largest absolute Gasteiger partial charge is 0.480 e. The highest BCUT2D eigenvalue weighted by Crippen LogP contribution is 2.20. The molecule has 2 amide bonds. The number of rotatable bonds is 11. The molecule has 7 N–H and O–H groups in total. The molecule has 2 unspecified atom stereocenters. The number of amides is 2. The number of nitro groups is 1. The zero-order chi connectivity index (χ0) is 20.8. The van der Waals surface area contributed by atoms with Crippen LogP contribution in [0.15, 0.2) is 0 Å². The number of aliphatic carboxylic acids is 2. The molecule has 2 atom stereocenters. The lowest BCUT2D eigenvalue weighted by atomic mass is 10.0. The van der Waals surface area contributed by atoms with Crippen molar-refractivity contribution >= 4 is 35.5 Å². The zero-order valence-corrected chi connectivity index (χ0v) is 15.0. The van der Waals surface area contributed by atoms with Crippen molar-refractivity contribution in [1.82, 2.24) is 10.2 Å². The number of nitrogens with one attached hydrogen (secondary N) is 1. The summed E-state index contributed by atoms with van der Waals surface area (Å²) in [6, 6.07) is -2.50. The van der Waals surface area contributed by atoms with Gasteiger partial charge in [-0.05, 0) is 6.42 Å². The van der Waals surface area contributed by atoms with E-state index in [4.69, 9.17) is 21.7 Å². The summed E-state index contributed by atoms with van der Waals surface area (Å²) in [7, 11) is 0. The van der Waals surface area contributed by atoms with Crippen LogP contribution in [0.2, 0.25) is 0 Å². The summed E-state index contributed by atoms with van der Waals surface area (Å²) in [5.41, 5.74) is 9.06. The van der Waals surface area contributed by atoms with Gasteiger partial charge < -0.3 is 26.2 Å². The number of hydrogen-bond donors (Lipinski definition) is 5. The molecule has 1 aliphatic rings. The molecule has 1 heterocycles. The Bertz CT molecular complexity index is 624. The van der Waals surface area contributed by atoms with Gasteiger partial charge in [0.15, 0.2) is 0 Å². The monoisotopic (exact) mass is 407 g/mol. The molecule has 1 rings (SSSR count). The maximum atomic E-state index is 11.9. The number of carbonyl (C=O) groups is 4. The minimum atomic E-state index is -1.64. The summed E-state index contributed by atoms with van der Waals surface area (Å²) in [5.74, 6) is -3.93. The van der Waals surface area contributed by atoms with E-state index in [9.17, 15) is 29.3 Å². The van der Waals surface area contributed by atoms with Gasteiger partial charge in [0.2, 0.25) is 11.8 Å². The topological polar surface area (TPSA) is 219 Å². The Kier molecular flexibility index (Phi) is 7.93. The van der Waals surface area contributed by atoms with E-state index in [0.29, 0.717) is 0 Å². The van der Waals surface area contributed by atoms with Crippen LogP contribution in [0.25, 0.3) is 0 Å². The second-order valence-electron chi connectivity index (χ2n) is 6.07. The lowest BCUT2D eigenvalue weighted by Crippen LogP contribution is -2.72. The van der Waals surface area contributed by atoms with Crippen LogP contribution in [-0.2, 0) is 19.2 Å². The predicted octanol–water partition coefficient (Wildman–Crippen LogP) is -2.74. The highest BCUT2D eigenvalue weighted by atomic mass is 32.2. The van der Waals surface area contributed by atoms with Gasteiger partial charge in [0.05, 0.1) is 5.75 Å². The van der Waals surface area contributed by atoms with Gasteiger partial charge in [-0.25, -0.2) is 4.79 Å². The zero-order valence-electron chi connectivity index (χ0n) is 14.2. The first-order valence-electron chi connectivity index (χ1n) is 7.75. The molecule has 0 aromatic rings. The molecule has 27 heavy (non-hydrogen) atoms. The molecule has 0 spiro atoms. The van der Waals surface area contributed by atoms with Crippen LogP contribution in [0.5, 0.6) is 0 Å². The van der Waals surface area contributed by atoms with Crippen molar-refractivity contribution in [1.29, 1.82) is 0 Å². The fourth-order valence-electron chi connectivity index (χ4n) is 2.11. The maximum Gasteiger partial charge on any atom is 0.327 e. The standard InChI is InChI=1S/C13H21N5O8S/c14-7(11(21)22)1-2-9(19)16-8(12(23)24)3-27-4-10(20)17-5-13(15,6-17)18(25)26/h7-8H,1-6,14-15H2,(H,16,19)(H,21,22)(H,23,24). The van der Waals surface area contributed by atoms with Gasteiger partial charge in [-0.15, -0.1) is 11.8 Å². The molecular weight excluding hydrogens is 386 g/mol. The average molecular weight is 407 g/mol. The van der Waals surface area contributed by atoms with E-state index in [1.54, 1.807) is 0 Å². The van der Waals surface area contributed by atoms with Crippen molar-refractivity contribution in [2.75, 3.05) is 24.6 Å². The molecule has 0 aliphatic carbocycles. The summed E-state index contributed by atoms with van der Waals surface area (Å²) in [6.07, 6.45) is -0.403. The number of nitrogens with zero attached hydrogens (tertiary/aromatic N) is 2. The Balaban J connectivity index is 2.36. The van der Waals surface area contributed by atoms with Crippen molar-refractivity contribution in [2.24, 2.45) is 11.5 Å². The highest BCUT2D eigenvalue weighted by Gasteiger charge is 2.52. The third kappa shape index (κ3) is 6.65. The molecule has 1 aliphatic heterocycles. The van der Waals surface area contributed by atoms with E-state index in [0.717, 1.165) is 11.8 Å². The molecule has 0 aromatic carbocycles. The van der Waals surface area contributed by atoms with Crippen LogP contribution >= 0.6 is 11.8 Å². The van der Waals surface area contributed by atoms with Gasteiger partial charge in [0, 0.05) is 17.1 Å². The van der Waals surface area contributed by atoms with Crippen molar-refractivity contribution in [3.8, 4) is 0 Å². The van der Waals surface area contributed by atoms with E-state index < -0.39 is 46.4 Å². The Morgan fingerprint density at radius 1 is 1.26 bits per heavy atom. The number of carboxylic acids is 2. The summed E-state index contributed by atoms with van der Waals surface area (Å²) >= 11 is 0.939. The SMILES string of the molecule is NC(CCC(=O)NC(CSCC(=O)N1CC(N)([N+](=O)[O-])C1)C(=O)O)C(=O)O. The van der Waals surface area contributed by atoms with Gasteiger partial charge in [-0.2, -0.15) is 0 Å².